The van der Waals surface area contributed by atoms with E-state index in [-0.39, 0.29) is 5.56 Å². The van der Waals surface area contributed by atoms with Crippen LogP contribution in [0.3, 0.4) is 0 Å². The zero-order valence-corrected chi connectivity index (χ0v) is 7.61. The minimum Gasteiger partial charge on any atom is -0.405 e. The average Bonchev–Trinajstić information content (AvgIpc) is 2.09. The molecular weight excluding hydrogens is 168 g/mol. The van der Waals surface area contributed by atoms with Crippen LogP contribution >= 0.6 is 0 Å². The molecule has 1 rings (SSSR count). The van der Waals surface area contributed by atoms with Gasteiger partial charge < -0.3 is 11.5 Å². The molecule has 0 radical (unpaired) electrons. The first kappa shape index (κ1) is 9.31. The van der Waals surface area contributed by atoms with Crippen molar-refractivity contribution in [2.24, 2.45) is 12.8 Å². The van der Waals surface area contributed by atoms with E-state index < -0.39 is 0 Å². The molecule has 4 N–H and O–H groups in total. The summed E-state index contributed by atoms with van der Waals surface area (Å²) < 4.78 is 1.24. The van der Waals surface area contributed by atoms with Crippen LogP contribution in [-0.2, 0) is 7.05 Å². The highest BCUT2D eigenvalue weighted by Gasteiger charge is 2.07. The molecule has 0 aromatic carbocycles. The number of nitrogens with two attached hydrogens (primary N) is 2. The number of anilines is 1. The SMILES string of the molecule is Cc1nn(C)c(=O)c(/C=C\N)c1N. The normalized spacial score (nSPS) is 10.9. The molecule has 1 aromatic rings. The first-order valence-corrected chi connectivity index (χ1v) is 3.79. The Morgan fingerprint density at radius 2 is 2.15 bits per heavy atom. The molecule has 0 spiro atoms. The van der Waals surface area contributed by atoms with Crippen molar-refractivity contribution in [3.8, 4) is 0 Å². The first-order chi connectivity index (χ1) is 6.07. The van der Waals surface area contributed by atoms with Gasteiger partial charge in [-0.1, -0.05) is 0 Å². The van der Waals surface area contributed by atoms with E-state index in [2.05, 4.69) is 5.10 Å². The lowest BCUT2D eigenvalue weighted by Crippen LogP contribution is -2.24. The zero-order valence-electron chi connectivity index (χ0n) is 7.61. The number of nitrogens with zero attached hydrogens (tertiary/aromatic N) is 2. The molecule has 13 heavy (non-hydrogen) atoms. The second kappa shape index (κ2) is 3.30. The van der Waals surface area contributed by atoms with Crippen molar-refractivity contribution in [1.29, 1.82) is 0 Å². The van der Waals surface area contributed by atoms with Crippen LogP contribution in [0.4, 0.5) is 5.69 Å². The quantitative estimate of drug-likeness (QED) is 0.615. The predicted molar refractivity (Wildman–Crippen MR) is 51.8 cm³/mol. The third-order valence-electron chi connectivity index (χ3n) is 1.77. The maximum absolute atomic E-state index is 11.4. The Kier molecular flexibility index (Phi) is 2.36. The Labute approximate surface area is 75.7 Å². The molecule has 5 heteroatoms. The first-order valence-electron chi connectivity index (χ1n) is 3.79. The van der Waals surface area contributed by atoms with Crippen LogP contribution in [0.25, 0.3) is 6.08 Å². The molecule has 0 saturated heterocycles. The maximum atomic E-state index is 11.4. The molecule has 1 aromatic heterocycles. The van der Waals surface area contributed by atoms with Crippen LogP contribution in [0, 0.1) is 6.92 Å². The van der Waals surface area contributed by atoms with Crippen LogP contribution in [0.1, 0.15) is 11.3 Å². The van der Waals surface area contributed by atoms with Gasteiger partial charge in [-0.2, -0.15) is 5.10 Å². The van der Waals surface area contributed by atoms with Gasteiger partial charge in [0.2, 0.25) is 0 Å². The van der Waals surface area contributed by atoms with Crippen LogP contribution in [-0.4, -0.2) is 9.78 Å². The Morgan fingerprint density at radius 1 is 1.54 bits per heavy atom. The molecule has 0 aliphatic rings. The van der Waals surface area contributed by atoms with Crippen molar-refractivity contribution in [3.63, 3.8) is 0 Å². The van der Waals surface area contributed by atoms with E-state index in [0.717, 1.165) is 0 Å². The maximum Gasteiger partial charge on any atom is 0.275 e. The van der Waals surface area contributed by atoms with Gasteiger partial charge in [0.1, 0.15) is 0 Å². The lowest BCUT2D eigenvalue weighted by atomic mass is 10.2. The molecular formula is C8H12N4O. The van der Waals surface area contributed by atoms with E-state index in [1.165, 1.54) is 17.0 Å². The van der Waals surface area contributed by atoms with Gasteiger partial charge in [-0.3, -0.25) is 4.79 Å². The van der Waals surface area contributed by atoms with Gasteiger partial charge in [0.25, 0.3) is 5.56 Å². The number of hydrogen-bond acceptors (Lipinski definition) is 4. The van der Waals surface area contributed by atoms with Gasteiger partial charge in [-0.25, -0.2) is 4.68 Å². The molecule has 0 aliphatic carbocycles. The molecule has 0 aliphatic heterocycles. The standard InChI is InChI=1S/C8H12N4O/c1-5-7(10)6(3-4-9)8(13)12(2)11-5/h3-4H,9-10H2,1-2H3/b4-3-. The van der Waals surface area contributed by atoms with Crippen molar-refractivity contribution >= 4 is 11.8 Å². The van der Waals surface area contributed by atoms with Crippen LogP contribution in [0.5, 0.6) is 0 Å². The van der Waals surface area contributed by atoms with Crippen molar-refractivity contribution in [1.82, 2.24) is 9.78 Å². The van der Waals surface area contributed by atoms with E-state index in [4.69, 9.17) is 11.5 Å². The van der Waals surface area contributed by atoms with Gasteiger partial charge in [0.05, 0.1) is 16.9 Å². The predicted octanol–water partition coefficient (Wildman–Crippen LogP) is -0.400. The Morgan fingerprint density at radius 3 is 2.69 bits per heavy atom. The van der Waals surface area contributed by atoms with Crippen molar-refractivity contribution in [3.05, 3.63) is 27.8 Å². The molecule has 1 heterocycles. The lowest BCUT2D eigenvalue weighted by molar-refractivity contribution is 0.693. The number of aromatic nitrogens is 2. The molecule has 0 bridgehead atoms. The minimum atomic E-state index is -0.246. The van der Waals surface area contributed by atoms with E-state index >= 15 is 0 Å². The monoisotopic (exact) mass is 180 g/mol. The number of rotatable bonds is 1. The average molecular weight is 180 g/mol. The topological polar surface area (TPSA) is 86.9 Å². The van der Waals surface area contributed by atoms with Gasteiger partial charge >= 0.3 is 0 Å². The van der Waals surface area contributed by atoms with Crippen LogP contribution in [0.2, 0.25) is 0 Å². The highest BCUT2D eigenvalue weighted by Crippen LogP contribution is 2.10. The Bertz CT molecular complexity index is 405. The Balaban J connectivity index is 3.56. The summed E-state index contributed by atoms with van der Waals surface area (Å²) in [6.45, 7) is 1.74. The number of aryl methyl sites for hydroxylation is 2. The Hall–Kier alpha value is -1.78. The van der Waals surface area contributed by atoms with Crippen LogP contribution in [0.15, 0.2) is 11.0 Å². The number of nitrogen functional groups attached to an aromatic ring is 1. The molecule has 0 amide bonds. The third-order valence-corrected chi connectivity index (χ3v) is 1.77. The summed E-state index contributed by atoms with van der Waals surface area (Å²) in [4.78, 5) is 11.4. The molecule has 70 valence electrons. The summed E-state index contributed by atoms with van der Waals surface area (Å²) in [5.41, 5.74) is 12.0. The summed E-state index contributed by atoms with van der Waals surface area (Å²) in [5.74, 6) is 0. The van der Waals surface area contributed by atoms with Gasteiger partial charge in [0.15, 0.2) is 0 Å². The third kappa shape index (κ3) is 1.53. The molecule has 5 nitrogen and oxygen atoms in total. The molecule has 0 fully saturated rings. The van der Waals surface area contributed by atoms with Crippen molar-refractivity contribution < 1.29 is 0 Å². The highest BCUT2D eigenvalue weighted by atomic mass is 16.1. The number of hydrogen-bond donors (Lipinski definition) is 2. The second-order valence-corrected chi connectivity index (χ2v) is 2.70. The minimum absolute atomic E-state index is 0.246. The summed E-state index contributed by atoms with van der Waals surface area (Å²) in [6, 6.07) is 0. The fourth-order valence-corrected chi connectivity index (χ4v) is 1.07. The van der Waals surface area contributed by atoms with Gasteiger partial charge in [-0.15, -0.1) is 0 Å². The lowest BCUT2D eigenvalue weighted by Gasteiger charge is -2.05. The van der Waals surface area contributed by atoms with Crippen LogP contribution < -0.4 is 17.0 Å². The molecule has 0 saturated carbocycles. The van der Waals surface area contributed by atoms with E-state index in [9.17, 15) is 4.79 Å². The summed E-state index contributed by atoms with van der Waals surface area (Å²) >= 11 is 0. The van der Waals surface area contributed by atoms with Gasteiger partial charge in [-0.05, 0) is 19.2 Å². The fraction of sp³-hybridized carbons (Fsp3) is 0.250. The smallest absolute Gasteiger partial charge is 0.275 e. The van der Waals surface area contributed by atoms with Crippen molar-refractivity contribution in [2.45, 2.75) is 6.92 Å². The van der Waals surface area contributed by atoms with Gasteiger partial charge in [0, 0.05) is 7.05 Å². The summed E-state index contributed by atoms with van der Waals surface area (Å²) in [6.07, 6.45) is 2.76. The van der Waals surface area contributed by atoms with E-state index in [0.29, 0.717) is 16.9 Å². The summed E-state index contributed by atoms with van der Waals surface area (Å²) in [7, 11) is 1.57. The van der Waals surface area contributed by atoms with E-state index in [1.54, 1.807) is 14.0 Å². The summed E-state index contributed by atoms with van der Waals surface area (Å²) in [5, 5.41) is 3.92. The fourth-order valence-electron chi connectivity index (χ4n) is 1.07. The largest absolute Gasteiger partial charge is 0.405 e. The molecule has 0 atom stereocenters. The highest BCUT2D eigenvalue weighted by molar-refractivity contribution is 5.64. The zero-order chi connectivity index (χ0) is 10.0. The molecule has 0 unspecified atom stereocenters. The van der Waals surface area contributed by atoms with Crippen molar-refractivity contribution in [2.75, 3.05) is 5.73 Å². The second-order valence-electron chi connectivity index (χ2n) is 2.70. The van der Waals surface area contributed by atoms with E-state index in [1.807, 2.05) is 0 Å².